The zero-order valence-electron chi connectivity index (χ0n) is 16.9. The molecule has 31 heavy (non-hydrogen) atoms. The summed E-state index contributed by atoms with van der Waals surface area (Å²) in [6, 6.07) is 4.57. The fraction of sp³-hybridized carbons (Fsp3) is 0.450. The second-order valence-electron chi connectivity index (χ2n) is 7.47. The van der Waals surface area contributed by atoms with Crippen LogP contribution in [0.15, 0.2) is 24.3 Å². The van der Waals surface area contributed by atoms with E-state index < -0.39 is 35.4 Å². The Morgan fingerprint density at radius 3 is 2.45 bits per heavy atom. The first kappa shape index (κ1) is 22.6. The molecule has 0 radical (unpaired) electrons. The molecule has 1 aromatic heterocycles. The molecule has 11 heteroatoms. The summed E-state index contributed by atoms with van der Waals surface area (Å²) >= 11 is 0. The molecule has 3 rings (SSSR count). The van der Waals surface area contributed by atoms with E-state index in [9.17, 15) is 27.2 Å². The van der Waals surface area contributed by atoms with E-state index in [1.807, 2.05) is 0 Å². The number of primary amides is 1. The van der Waals surface area contributed by atoms with Gasteiger partial charge in [-0.25, -0.2) is 4.39 Å². The predicted molar refractivity (Wildman–Crippen MR) is 104 cm³/mol. The normalized spacial score (nSPS) is 15.6. The molecular formula is C20H23F4N5O2. The van der Waals surface area contributed by atoms with Gasteiger partial charge in [-0.05, 0) is 49.9 Å². The molecule has 168 valence electrons. The summed E-state index contributed by atoms with van der Waals surface area (Å²) in [5.74, 6) is -3.08. The maximum absolute atomic E-state index is 14.0. The number of benzene rings is 1. The number of hydrogen-bond acceptors (Lipinski definition) is 4. The van der Waals surface area contributed by atoms with E-state index >= 15 is 0 Å². The first-order valence-electron chi connectivity index (χ1n) is 9.86. The Kier molecular flexibility index (Phi) is 6.51. The molecule has 0 spiro atoms. The zero-order valence-corrected chi connectivity index (χ0v) is 16.9. The van der Waals surface area contributed by atoms with E-state index in [2.05, 4.69) is 10.4 Å². The highest BCUT2D eigenvalue weighted by molar-refractivity contribution is 5.93. The van der Waals surface area contributed by atoms with Crippen molar-refractivity contribution in [2.45, 2.75) is 44.8 Å². The van der Waals surface area contributed by atoms with Crippen LogP contribution in [0.4, 0.5) is 17.6 Å². The quantitative estimate of drug-likeness (QED) is 0.674. The summed E-state index contributed by atoms with van der Waals surface area (Å²) in [6.45, 7) is 2.49. The van der Waals surface area contributed by atoms with Crippen molar-refractivity contribution in [1.82, 2.24) is 15.2 Å². The molecule has 2 heterocycles. The number of nitrogens with two attached hydrogens (primary N) is 1. The maximum atomic E-state index is 14.0. The molecule has 2 amide bonds. The van der Waals surface area contributed by atoms with Crippen molar-refractivity contribution < 1.29 is 27.2 Å². The highest BCUT2D eigenvalue weighted by Gasteiger charge is 2.36. The summed E-state index contributed by atoms with van der Waals surface area (Å²) in [7, 11) is 0. The molecule has 1 unspecified atom stereocenters. The molecule has 1 saturated heterocycles. The highest BCUT2D eigenvalue weighted by atomic mass is 19.4. The van der Waals surface area contributed by atoms with Gasteiger partial charge in [0.05, 0.1) is 23.7 Å². The van der Waals surface area contributed by atoms with Crippen molar-refractivity contribution in [3.8, 4) is 0 Å². The third-order valence-electron chi connectivity index (χ3n) is 5.25. The van der Waals surface area contributed by atoms with Crippen LogP contribution in [-0.2, 0) is 17.5 Å². The van der Waals surface area contributed by atoms with Crippen LogP contribution < -0.4 is 16.1 Å². The summed E-state index contributed by atoms with van der Waals surface area (Å²) in [4.78, 5) is 24.9. The number of nitrogens with one attached hydrogen (secondary N) is 1. The van der Waals surface area contributed by atoms with Crippen molar-refractivity contribution >= 4 is 11.8 Å². The molecule has 1 aliphatic rings. The lowest BCUT2D eigenvalue weighted by Crippen LogP contribution is -2.42. The van der Waals surface area contributed by atoms with Crippen LogP contribution >= 0.6 is 0 Å². The molecule has 1 fully saturated rings. The molecule has 1 aliphatic heterocycles. The average molecular weight is 441 g/mol. The molecule has 7 nitrogen and oxygen atoms in total. The van der Waals surface area contributed by atoms with E-state index in [4.69, 9.17) is 5.73 Å². The third kappa shape index (κ3) is 5.15. The van der Waals surface area contributed by atoms with Gasteiger partial charge in [-0.3, -0.25) is 14.6 Å². The van der Waals surface area contributed by atoms with Crippen LogP contribution in [0.25, 0.3) is 0 Å². The Bertz CT molecular complexity index is 967. The monoisotopic (exact) mass is 441 g/mol. The summed E-state index contributed by atoms with van der Waals surface area (Å²) in [5.41, 5.74) is 4.26. The number of alkyl halides is 3. The summed E-state index contributed by atoms with van der Waals surface area (Å²) < 4.78 is 53.5. The van der Waals surface area contributed by atoms with Crippen molar-refractivity contribution in [2.75, 3.05) is 18.1 Å². The number of aromatic nitrogens is 2. The first-order valence-corrected chi connectivity index (χ1v) is 9.86. The Labute approximate surface area is 176 Å². The van der Waals surface area contributed by atoms with Gasteiger partial charge in [0, 0.05) is 13.1 Å². The Morgan fingerprint density at radius 2 is 1.87 bits per heavy atom. The molecule has 1 atom stereocenters. The van der Waals surface area contributed by atoms with Crippen LogP contribution in [0.3, 0.4) is 0 Å². The number of piperidine rings is 1. The first-order chi connectivity index (χ1) is 14.6. The third-order valence-corrected chi connectivity index (χ3v) is 5.25. The second kappa shape index (κ2) is 8.94. The number of rotatable bonds is 6. The fourth-order valence-electron chi connectivity index (χ4n) is 3.47. The minimum Gasteiger partial charge on any atom is -0.366 e. The lowest BCUT2D eigenvalue weighted by atomic mass is 9.98. The van der Waals surface area contributed by atoms with Crippen LogP contribution in [-0.4, -0.2) is 34.8 Å². The average Bonchev–Trinajstić information content (AvgIpc) is 3.16. The van der Waals surface area contributed by atoms with Crippen molar-refractivity contribution in [3.05, 3.63) is 52.6 Å². The smallest absolute Gasteiger partial charge is 0.366 e. The number of carbonyl (C=O) groups is 2. The predicted octanol–water partition coefficient (Wildman–Crippen LogP) is 2.68. The molecule has 2 aromatic rings. The maximum Gasteiger partial charge on any atom is 0.435 e. The lowest BCUT2D eigenvalue weighted by Gasteiger charge is -2.30. The topological polar surface area (TPSA) is 93.2 Å². The largest absolute Gasteiger partial charge is 0.435 e. The number of hydrogen-bond donors (Lipinski definition) is 2. The van der Waals surface area contributed by atoms with E-state index in [1.54, 1.807) is 5.01 Å². The number of amides is 2. The van der Waals surface area contributed by atoms with E-state index in [1.165, 1.54) is 23.8 Å². The molecular weight excluding hydrogens is 418 g/mol. The van der Waals surface area contributed by atoms with Gasteiger partial charge in [-0.15, -0.1) is 5.10 Å². The highest BCUT2D eigenvalue weighted by Crippen LogP contribution is 2.29. The standard InChI is InChI=1S/C20H23F4N5O2/c1-12(13-5-6-15(18(25)30)16(21)9-13)19(31)26-11-14-10-17(20(22,23)24)27-29(14)28-7-3-2-4-8-28/h5-6,9-10,12H,2-4,7-8,11H2,1H3,(H2,25,30)(H,26,31). The van der Waals surface area contributed by atoms with Gasteiger partial charge in [-0.2, -0.15) is 18.0 Å². The van der Waals surface area contributed by atoms with E-state index in [-0.39, 0.29) is 17.8 Å². The van der Waals surface area contributed by atoms with Gasteiger partial charge in [0.25, 0.3) is 5.91 Å². The van der Waals surface area contributed by atoms with Crippen LogP contribution in [0.2, 0.25) is 0 Å². The van der Waals surface area contributed by atoms with Crippen molar-refractivity contribution in [2.24, 2.45) is 5.73 Å². The minimum atomic E-state index is -4.60. The molecule has 3 N–H and O–H groups in total. The molecule has 1 aromatic carbocycles. The second-order valence-corrected chi connectivity index (χ2v) is 7.47. The van der Waals surface area contributed by atoms with Crippen molar-refractivity contribution in [1.29, 1.82) is 0 Å². The Morgan fingerprint density at radius 1 is 1.19 bits per heavy atom. The van der Waals surface area contributed by atoms with Gasteiger partial charge < -0.3 is 11.1 Å². The fourth-order valence-corrected chi connectivity index (χ4v) is 3.47. The number of halogens is 4. The van der Waals surface area contributed by atoms with Gasteiger partial charge in [0.1, 0.15) is 5.82 Å². The molecule has 0 bridgehead atoms. The molecule has 0 aliphatic carbocycles. The number of carbonyl (C=O) groups excluding carboxylic acids is 2. The van der Waals surface area contributed by atoms with Crippen LogP contribution in [0, 0.1) is 5.82 Å². The van der Waals surface area contributed by atoms with E-state index in [0.29, 0.717) is 18.7 Å². The molecule has 0 saturated carbocycles. The SMILES string of the molecule is CC(C(=O)NCc1cc(C(F)(F)F)nn1N1CCCCC1)c1ccc(C(N)=O)c(F)c1. The summed E-state index contributed by atoms with van der Waals surface area (Å²) in [5, 5.41) is 8.01. The Hall–Kier alpha value is -3.11. The summed E-state index contributed by atoms with van der Waals surface area (Å²) in [6.07, 6.45) is -1.92. The van der Waals surface area contributed by atoms with Gasteiger partial charge in [0.15, 0.2) is 5.69 Å². The van der Waals surface area contributed by atoms with E-state index in [0.717, 1.165) is 31.4 Å². The van der Waals surface area contributed by atoms with Gasteiger partial charge in [-0.1, -0.05) is 6.07 Å². The van der Waals surface area contributed by atoms with Gasteiger partial charge in [0.2, 0.25) is 5.91 Å². The van der Waals surface area contributed by atoms with Gasteiger partial charge >= 0.3 is 6.18 Å². The van der Waals surface area contributed by atoms with Crippen molar-refractivity contribution in [3.63, 3.8) is 0 Å². The van der Waals surface area contributed by atoms with Crippen LogP contribution in [0.5, 0.6) is 0 Å². The number of nitrogens with zero attached hydrogens (tertiary/aromatic N) is 3. The van der Waals surface area contributed by atoms with Crippen LogP contribution in [0.1, 0.15) is 59.4 Å². The zero-order chi connectivity index (χ0) is 22.8. The minimum absolute atomic E-state index is 0.176. The Balaban J connectivity index is 1.75. The lowest BCUT2D eigenvalue weighted by molar-refractivity contribution is -0.141.